The second-order valence-corrected chi connectivity index (χ2v) is 9.94. The van der Waals surface area contributed by atoms with E-state index in [4.69, 9.17) is 9.15 Å². The van der Waals surface area contributed by atoms with Gasteiger partial charge < -0.3 is 9.15 Å². The molecule has 2 aromatic heterocycles. The molecule has 0 N–H and O–H groups in total. The number of benzene rings is 3. The zero-order valence-corrected chi connectivity index (χ0v) is 20.6. The number of aryl methyl sites for hydroxylation is 3. The lowest BCUT2D eigenvalue weighted by atomic mass is 9.97. The number of para-hydroxylation sites is 1. The van der Waals surface area contributed by atoms with Crippen molar-refractivity contribution in [3.05, 3.63) is 110 Å². The summed E-state index contributed by atoms with van der Waals surface area (Å²) in [6.45, 7) is 5.72. The number of carbonyl (C=O) groups is 1. The topological polar surface area (TPSA) is 85.5 Å². The average molecular weight is 496 g/mol. The Balaban J connectivity index is 1.56. The third kappa shape index (κ3) is 3.58. The van der Waals surface area contributed by atoms with Crippen LogP contribution in [0.15, 0.2) is 75.9 Å². The van der Waals surface area contributed by atoms with E-state index >= 15 is 0 Å². The number of nitrogens with zero attached hydrogens (tertiary/aromatic N) is 3. The van der Waals surface area contributed by atoms with Crippen molar-refractivity contribution in [2.75, 3.05) is 4.90 Å². The summed E-state index contributed by atoms with van der Waals surface area (Å²) in [5.74, 6) is 0.885. The number of amides is 1. The van der Waals surface area contributed by atoms with Crippen molar-refractivity contribution in [3.63, 3.8) is 0 Å². The molecule has 7 nitrogen and oxygen atoms in total. The Hall–Kier alpha value is -4.30. The van der Waals surface area contributed by atoms with E-state index in [1.807, 2.05) is 81.4 Å². The monoisotopic (exact) mass is 495 g/mol. The van der Waals surface area contributed by atoms with Crippen LogP contribution in [0.2, 0.25) is 0 Å². The Morgan fingerprint density at radius 1 is 0.889 bits per heavy atom. The highest BCUT2D eigenvalue weighted by Gasteiger charge is 2.45. The third-order valence-electron chi connectivity index (χ3n) is 6.36. The van der Waals surface area contributed by atoms with Crippen LogP contribution in [-0.4, -0.2) is 16.1 Å². The van der Waals surface area contributed by atoms with Crippen molar-refractivity contribution in [2.24, 2.45) is 0 Å². The minimum absolute atomic E-state index is 0.0305. The highest BCUT2D eigenvalue weighted by Crippen LogP contribution is 2.43. The number of ether oxygens (including phenoxy) is 1. The second kappa shape index (κ2) is 8.42. The van der Waals surface area contributed by atoms with Gasteiger partial charge in [-0.05, 0) is 73.9 Å². The van der Waals surface area contributed by atoms with Gasteiger partial charge in [0.15, 0.2) is 5.43 Å². The molecule has 8 heteroatoms. The maximum Gasteiger partial charge on any atom is 0.297 e. The van der Waals surface area contributed by atoms with Crippen molar-refractivity contribution in [2.45, 2.75) is 26.8 Å². The molecule has 1 amide bonds. The molecule has 36 heavy (non-hydrogen) atoms. The van der Waals surface area contributed by atoms with Gasteiger partial charge in [-0.25, -0.2) is 0 Å². The van der Waals surface area contributed by atoms with Crippen LogP contribution < -0.4 is 15.1 Å². The lowest BCUT2D eigenvalue weighted by Gasteiger charge is -2.22. The van der Waals surface area contributed by atoms with Gasteiger partial charge >= 0.3 is 0 Å². The molecule has 1 aliphatic rings. The van der Waals surface area contributed by atoms with E-state index in [2.05, 4.69) is 10.2 Å². The summed E-state index contributed by atoms with van der Waals surface area (Å²) < 4.78 is 12.1. The molecule has 1 unspecified atom stereocenters. The number of hydrogen-bond acceptors (Lipinski definition) is 7. The molecule has 3 heterocycles. The predicted molar refractivity (Wildman–Crippen MR) is 138 cm³/mol. The van der Waals surface area contributed by atoms with Crippen molar-refractivity contribution in [1.29, 1.82) is 0 Å². The fraction of sp³-hybridized carbons (Fsp3) is 0.143. The number of hydrogen-bond donors (Lipinski definition) is 0. The van der Waals surface area contributed by atoms with Gasteiger partial charge in [-0.15, -0.1) is 10.2 Å². The van der Waals surface area contributed by atoms with Gasteiger partial charge in [0.25, 0.3) is 5.91 Å². The summed E-state index contributed by atoms with van der Waals surface area (Å²) in [6, 6.07) is 19.7. The number of fused-ring (bicyclic) bond motifs is 2. The normalized spacial score (nSPS) is 14.9. The summed E-state index contributed by atoms with van der Waals surface area (Å²) in [5, 5.41) is 9.89. The number of carbonyl (C=O) groups excluding carboxylic acids is 1. The van der Waals surface area contributed by atoms with Gasteiger partial charge in [-0.1, -0.05) is 41.7 Å². The molecule has 0 bridgehead atoms. The molecule has 6 rings (SSSR count). The summed E-state index contributed by atoms with van der Waals surface area (Å²) in [4.78, 5) is 29.1. The number of rotatable bonds is 4. The average Bonchev–Trinajstić information content (AvgIpc) is 3.42. The van der Waals surface area contributed by atoms with E-state index in [0.29, 0.717) is 43.7 Å². The molecule has 1 atom stereocenters. The highest BCUT2D eigenvalue weighted by atomic mass is 32.1. The maximum absolute atomic E-state index is 13.9. The molecule has 178 valence electrons. The van der Waals surface area contributed by atoms with Crippen molar-refractivity contribution in [1.82, 2.24) is 10.2 Å². The van der Waals surface area contributed by atoms with Gasteiger partial charge in [0.2, 0.25) is 10.9 Å². The van der Waals surface area contributed by atoms with Crippen LogP contribution in [0.5, 0.6) is 11.5 Å². The Kier molecular flexibility index (Phi) is 5.19. The smallest absolute Gasteiger partial charge is 0.297 e. The molecule has 0 spiro atoms. The van der Waals surface area contributed by atoms with E-state index in [9.17, 15) is 9.59 Å². The first kappa shape index (κ1) is 22.2. The van der Waals surface area contributed by atoms with Crippen LogP contribution in [-0.2, 0) is 0 Å². The van der Waals surface area contributed by atoms with Crippen LogP contribution in [0.4, 0.5) is 5.13 Å². The first-order valence-corrected chi connectivity index (χ1v) is 12.3. The fourth-order valence-corrected chi connectivity index (χ4v) is 5.21. The Bertz CT molecular complexity index is 1710. The minimum atomic E-state index is -0.735. The van der Waals surface area contributed by atoms with E-state index in [1.54, 1.807) is 6.07 Å². The van der Waals surface area contributed by atoms with Crippen LogP contribution in [0.3, 0.4) is 0 Å². The van der Waals surface area contributed by atoms with Gasteiger partial charge in [-0.2, -0.15) is 0 Å². The first-order chi connectivity index (χ1) is 17.4. The predicted octanol–water partition coefficient (Wildman–Crippen LogP) is 6.11. The summed E-state index contributed by atoms with van der Waals surface area (Å²) in [5.41, 5.74) is 3.12. The zero-order chi connectivity index (χ0) is 25.0. The molecule has 0 saturated heterocycles. The maximum atomic E-state index is 13.9. The summed E-state index contributed by atoms with van der Waals surface area (Å²) >= 11 is 1.29. The molecule has 0 saturated carbocycles. The van der Waals surface area contributed by atoms with Crippen molar-refractivity contribution in [3.8, 4) is 11.5 Å². The van der Waals surface area contributed by atoms with Crippen LogP contribution in [0.25, 0.3) is 11.0 Å². The van der Waals surface area contributed by atoms with Crippen LogP contribution >= 0.6 is 11.3 Å². The van der Waals surface area contributed by atoms with E-state index < -0.39 is 11.9 Å². The number of anilines is 1. The Labute approximate surface area is 210 Å². The molecule has 3 aromatic carbocycles. The van der Waals surface area contributed by atoms with Crippen molar-refractivity contribution >= 4 is 33.3 Å². The van der Waals surface area contributed by atoms with Gasteiger partial charge in [0.05, 0.1) is 17.0 Å². The van der Waals surface area contributed by atoms with Gasteiger partial charge in [-0.3, -0.25) is 14.5 Å². The molecule has 0 aliphatic carbocycles. The molecule has 0 radical (unpaired) electrons. The van der Waals surface area contributed by atoms with Crippen LogP contribution in [0, 0.1) is 20.8 Å². The second-order valence-electron chi connectivity index (χ2n) is 8.78. The van der Waals surface area contributed by atoms with Gasteiger partial charge in [0, 0.05) is 0 Å². The quantitative estimate of drug-likeness (QED) is 0.299. The molecule has 1 aliphatic heterocycles. The zero-order valence-electron chi connectivity index (χ0n) is 19.8. The fourth-order valence-electron chi connectivity index (χ4n) is 4.50. The van der Waals surface area contributed by atoms with Crippen molar-refractivity contribution < 1.29 is 13.9 Å². The SMILES string of the molecule is Cc1nnc(N2C(=O)c3oc4cc(C)c(C)cc4c(=O)c3C2c2cccc(Oc3ccccc3)c2)s1. The lowest BCUT2D eigenvalue weighted by Crippen LogP contribution is -2.29. The number of aromatic nitrogens is 2. The molecular formula is C28H21N3O4S. The van der Waals surface area contributed by atoms with Crippen LogP contribution in [0.1, 0.15) is 43.9 Å². The summed E-state index contributed by atoms with van der Waals surface area (Å²) in [7, 11) is 0. The molecule has 0 fully saturated rings. The van der Waals surface area contributed by atoms with E-state index in [0.717, 1.165) is 11.1 Å². The Morgan fingerprint density at radius 3 is 2.39 bits per heavy atom. The van der Waals surface area contributed by atoms with E-state index in [-0.39, 0.29) is 11.2 Å². The lowest BCUT2D eigenvalue weighted by molar-refractivity contribution is 0.0970. The standard InChI is InChI=1S/C28H21N3O4S/c1-15-12-21-22(13-16(15)2)35-26-23(25(21)32)24(31(27(26)33)28-30-29-17(3)36-28)18-8-7-11-20(14-18)34-19-9-5-4-6-10-19/h4-14,24H,1-3H3. The largest absolute Gasteiger partial charge is 0.457 e. The van der Waals surface area contributed by atoms with E-state index in [1.165, 1.54) is 16.2 Å². The molecular weight excluding hydrogens is 474 g/mol. The summed E-state index contributed by atoms with van der Waals surface area (Å²) in [6.07, 6.45) is 0. The molecule has 5 aromatic rings. The minimum Gasteiger partial charge on any atom is -0.457 e. The van der Waals surface area contributed by atoms with Gasteiger partial charge in [0.1, 0.15) is 22.1 Å². The first-order valence-electron chi connectivity index (χ1n) is 11.4. The highest BCUT2D eigenvalue weighted by molar-refractivity contribution is 7.15. The third-order valence-corrected chi connectivity index (χ3v) is 7.20. The Morgan fingerprint density at radius 2 is 1.64 bits per heavy atom.